The molecule has 35 heavy (non-hydrogen) atoms. The van der Waals surface area contributed by atoms with Crippen LogP contribution < -0.4 is 0 Å². The standard InChI is InChI=1S/C27H32O8/c1-12(2)7-9-16-22(30)18(26(34)20(14(5)28)24(16)32)11-19-23(31)17(10-8-13(3)4)25(33)21(15(6)29)27(19)35/h7-8,30-35H,9-11H2,1-6H3. The third-order valence-electron chi connectivity index (χ3n) is 5.72. The summed E-state index contributed by atoms with van der Waals surface area (Å²) in [6, 6.07) is 0. The second-order valence-corrected chi connectivity index (χ2v) is 9.02. The lowest BCUT2D eigenvalue weighted by atomic mass is 9.89. The molecule has 2 aromatic carbocycles. The van der Waals surface area contributed by atoms with Crippen LogP contribution in [0.3, 0.4) is 0 Å². The number of carbonyl (C=O) groups excluding carboxylic acids is 2. The van der Waals surface area contributed by atoms with E-state index in [9.17, 15) is 40.2 Å². The maximum atomic E-state index is 12.2. The Morgan fingerprint density at radius 1 is 0.514 bits per heavy atom. The third kappa shape index (κ3) is 5.42. The summed E-state index contributed by atoms with van der Waals surface area (Å²) in [6.45, 7) is 9.52. The van der Waals surface area contributed by atoms with Crippen LogP contribution in [0.5, 0.6) is 34.5 Å². The van der Waals surface area contributed by atoms with Crippen molar-refractivity contribution in [3.63, 3.8) is 0 Å². The molecule has 0 saturated carbocycles. The van der Waals surface area contributed by atoms with Crippen molar-refractivity contribution in [2.24, 2.45) is 0 Å². The first-order valence-electron chi connectivity index (χ1n) is 11.1. The average molecular weight is 485 g/mol. The normalized spacial score (nSPS) is 10.7. The van der Waals surface area contributed by atoms with Crippen molar-refractivity contribution < 1.29 is 40.2 Å². The molecule has 0 atom stereocenters. The van der Waals surface area contributed by atoms with E-state index in [2.05, 4.69) is 0 Å². The minimum absolute atomic E-state index is 0.0153. The molecule has 8 heteroatoms. The topological polar surface area (TPSA) is 156 Å². The summed E-state index contributed by atoms with van der Waals surface area (Å²) < 4.78 is 0. The fraction of sp³-hybridized carbons (Fsp3) is 0.333. The second kappa shape index (κ2) is 10.5. The van der Waals surface area contributed by atoms with E-state index in [1.54, 1.807) is 12.2 Å². The predicted octanol–water partition coefficient (Wildman–Crippen LogP) is 4.93. The fourth-order valence-electron chi connectivity index (χ4n) is 3.82. The van der Waals surface area contributed by atoms with Crippen molar-refractivity contribution in [3.05, 3.63) is 56.7 Å². The predicted molar refractivity (Wildman–Crippen MR) is 132 cm³/mol. The minimum atomic E-state index is -0.712. The molecule has 0 fully saturated rings. The van der Waals surface area contributed by atoms with Gasteiger partial charge in [0, 0.05) is 28.7 Å². The number of rotatable bonds is 8. The average Bonchev–Trinajstić information content (AvgIpc) is 2.71. The van der Waals surface area contributed by atoms with Crippen molar-refractivity contribution in [1.29, 1.82) is 0 Å². The number of hydrogen-bond donors (Lipinski definition) is 6. The zero-order chi connectivity index (χ0) is 26.8. The van der Waals surface area contributed by atoms with E-state index in [4.69, 9.17) is 0 Å². The molecular weight excluding hydrogens is 452 g/mol. The van der Waals surface area contributed by atoms with Crippen LogP contribution >= 0.6 is 0 Å². The number of benzene rings is 2. The molecule has 6 N–H and O–H groups in total. The van der Waals surface area contributed by atoms with E-state index in [0.717, 1.165) is 25.0 Å². The van der Waals surface area contributed by atoms with Gasteiger partial charge in [-0.15, -0.1) is 0 Å². The van der Waals surface area contributed by atoms with Crippen molar-refractivity contribution in [3.8, 4) is 34.5 Å². The molecule has 188 valence electrons. The number of hydrogen-bond acceptors (Lipinski definition) is 8. The quantitative estimate of drug-likeness (QED) is 0.227. The summed E-state index contributed by atoms with van der Waals surface area (Å²) in [5.41, 5.74) is 0.442. The maximum Gasteiger partial charge on any atom is 0.167 e. The molecule has 0 amide bonds. The molecule has 2 rings (SSSR count). The highest BCUT2D eigenvalue weighted by molar-refractivity contribution is 6.02. The summed E-state index contributed by atoms with van der Waals surface area (Å²) in [5.74, 6) is -4.93. The van der Waals surface area contributed by atoms with Gasteiger partial charge in [-0.25, -0.2) is 0 Å². The summed E-state index contributed by atoms with van der Waals surface area (Å²) in [4.78, 5) is 24.4. The number of allylic oxidation sites excluding steroid dienone is 4. The van der Waals surface area contributed by atoms with Crippen molar-refractivity contribution in [2.45, 2.75) is 60.8 Å². The maximum absolute atomic E-state index is 12.2. The van der Waals surface area contributed by atoms with Crippen LogP contribution in [-0.2, 0) is 19.3 Å². The fourth-order valence-corrected chi connectivity index (χ4v) is 3.82. The third-order valence-corrected chi connectivity index (χ3v) is 5.72. The number of aromatic hydroxyl groups is 6. The van der Waals surface area contributed by atoms with Gasteiger partial charge in [-0.1, -0.05) is 23.3 Å². The minimum Gasteiger partial charge on any atom is -0.507 e. The van der Waals surface area contributed by atoms with Gasteiger partial charge in [0.15, 0.2) is 11.6 Å². The SMILES string of the molecule is CC(=O)c1c(O)c(CC=C(C)C)c(O)c(Cc2c(O)c(CC=C(C)C)c(O)c(C(C)=O)c2O)c1O. The molecule has 0 aromatic heterocycles. The Morgan fingerprint density at radius 2 is 0.800 bits per heavy atom. The first-order chi connectivity index (χ1) is 16.2. The summed E-state index contributed by atoms with van der Waals surface area (Å²) in [7, 11) is 0. The van der Waals surface area contributed by atoms with Crippen LogP contribution in [-0.4, -0.2) is 42.2 Å². The Hall–Kier alpha value is -3.94. The van der Waals surface area contributed by atoms with Crippen molar-refractivity contribution in [1.82, 2.24) is 0 Å². The molecule has 0 saturated heterocycles. The van der Waals surface area contributed by atoms with Gasteiger partial charge in [-0.2, -0.15) is 0 Å². The largest absolute Gasteiger partial charge is 0.507 e. The summed E-state index contributed by atoms with van der Waals surface area (Å²) in [5, 5.41) is 64.7. The summed E-state index contributed by atoms with van der Waals surface area (Å²) >= 11 is 0. The van der Waals surface area contributed by atoms with Crippen LogP contribution in [0.15, 0.2) is 23.3 Å². The van der Waals surface area contributed by atoms with Crippen LogP contribution in [0, 0.1) is 0 Å². The van der Waals surface area contributed by atoms with E-state index in [0.29, 0.717) is 0 Å². The molecule has 0 aliphatic heterocycles. The van der Waals surface area contributed by atoms with Gasteiger partial charge in [-0.3, -0.25) is 9.59 Å². The Labute approximate surface area is 204 Å². The van der Waals surface area contributed by atoms with Gasteiger partial charge in [0.05, 0.1) is 0 Å². The van der Waals surface area contributed by atoms with Crippen LogP contribution in [0.4, 0.5) is 0 Å². The molecule has 0 radical (unpaired) electrons. The van der Waals surface area contributed by atoms with Gasteiger partial charge in [-0.05, 0) is 54.4 Å². The Morgan fingerprint density at radius 3 is 1.06 bits per heavy atom. The van der Waals surface area contributed by atoms with E-state index >= 15 is 0 Å². The van der Waals surface area contributed by atoms with Gasteiger partial charge in [0.25, 0.3) is 0 Å². The zero-order valence-corrected chi connectivity index (χ0v) is 20.8. The van der Waals surface area contributed by atoms with Crippen molar-refractivity contribution in [2.75, 3.05) is 0 Å². The first kappa shape index (κ1) is 27.3. The first-order valence-corrected chi connectivity index (χ1v) is 11.1. The molecule has 0 aliphatic rings. The molecule has 8 nitrogen and oxygen atoms in total. The van der Waals surface area contributed by atoms with Crippen LogP contribution in [0.1, 0.15) is 84.5 Å². The molecule has 0 aliphatic carbocycles. The molecule has 0 bridgehead atoms. The number of ketones is 2. The number of phenolic OH excluding ortho intramolecular Hbond substituents is 6. The van der Waals surface area contributed by atoms with E-state index in [1.807, 2.05) is 27.7 Å². The van der Waals surface area contributed by atoms with Gasteiger partial charge in [0.1, 0.15) is 45.6 Å². The van der Waals surface area contributed by atoms with E-state index < -0.39 is 63.6 Å². The Kier molecular flexibility index (Phi) is 8.23. The lowest BCUT2D eigenvalue weighted by molar-refractivity contribution is 0.0998. The molecule has 2 aromatic rings. The number of carbonyl (C=O) groups is 2. The summed E-state index contributed by atoms with van der Waals surface area (Å²) in [6.07, 6.45) is 3.01. The van der Waals surface area contributed by atoms with E-state index in [-0.39, 0.29) is 35.1 Å². The van der Waals surface area contributed by atoms with Gasteiger partial charge in [0.2, 0.25) is 0 Å². The highest BCUT2D eigenvalue weighted by Crippen LogP contribution is 2.48. The Balaban J connectivity index is 2.90. The van der Waals surface area contributed by atoms with Gasteiger partial charge < -0.3 is 30.6 Å². The van der Waals surface area contributed by atoms with Crippen molar-refractivity contribution >= 4 is 11.6 Å². The molecular formula is C27H32O8. The second-order valence-electron chi connectivity index (χ2n) is 9.02. The molecule has 0 spiro atoms. The van der Waals surface area contributed by atoms with Gasteiger partial charge >= 0.3 is 0 Å². The number of phenols is 6. The highest BCUT2D eigenvalue weighted by Gasteiger charge is 2.30. The zero-order valence-electron chi connectivity index (χ0n) is 20.8. The molecule has 0 heterocycles. The lowest BCUT2D eigenvalue weighted by Gasteiger charge is -2.20. The molecule has 0 unspecified atom stereocenters. The Bertz CT molecular complexity index is 1160. The smallest absolute Gasteiger partial charge is 0.167 e. The van der Waals surface area contributed by atoms with Crippen LogP contribution in [0.25, 0.3) is 0 Å². The van der Waals surface area contributed by atoms with Crippen LogP contribution in [0.2, 0.25) is 0 Å². The van der Waals surface area contributed by atoms with E-state index in [1.165, 1.54) is 0 Å². The monoisotopic (exact) mass is 484 g/mol. The highest BCUT2D eigenvalue weighted by atomic mass is 16.3. The number of Topliss-reactive ketones (excluding diaryl/α,β-unsaturated/α-hetero) is 2. The lowest BCUT2D eigenvalue weighted by Crippen LogP contribution is -2.06.